The van der Waals surface area contributed by atoms with E-state index in [0.717, 1.165) is 38.3 Å². The zero-order chi connectivity index (χ0) is 11.9. The summed E-state index contributed by atoms with van der Waals surface area (Å²) in [6.45, 7) is 4.22. The van der Waals surface area contributed by atoms with Crippen molar-refractivity contribution in [3.8, 4) is 0 Å². The minimum Gasteiger partial charge on any atom is -0.465 e. The molecule has 0 aliphatic carbocycles. The maximum Gasteiger partial charge on any atom is 0.309 e. The van der Waals surface area contributed by atoms with Crippen molar-refractivity contribution >= 4 is 5.97 Å². The Morgan fingerprint density at radius 1 is 1.18 bits per heavy atom. The van der Waals surface area contributed by atoms with Crippen LogP contribution < -0.4 is 5.32 Å². The number of hydrogen-bond acceptors (Lipinski definition) is 4. The van der Waals surface area contributed by atoms with Gasteiger partial charge < -0.3 is 14.8 Å². The molecule has 2 aliphatic rings. The number of carbonyl (C=O) groups is 1. The van der Waals surface area contributed by atoms with Crippen molar-refractivity contribution in [1.29, 1.82) is 0 Å². The summed E-state index contributed by atoms with van der Waals surface area (Å²) in [5, 5.41) is 3.34. The smallest absolute Gasteiger partial charge is 0.309 e. The van der Waals surface area contributed by atoms with Gasteiger partial charge in [0.15, 0.2) is 0 Å². The summed E-state index contributed by atoms with van der Waals surface area (Å²) in [7, 11) is 0. The maximum absolute atomic E-state index is 11.7. The number of nitrogens with one attached hydrogen (secondary N) is 1. The number of ether oxygens (including phenoxy) is 2. The third-order valence-corrected chi connectivity index (χ3v) is 3.78. The van der Waals surface area contributed by atoms with Gasteiger partial charge in [0.05, 0.1) is 12.5 Å². The van der Waals surface area contributed by atoms with E-state index in [1.165, 1.54) is 12.8 Å². The topological polar surface area (TPSA) is 47.6 Å². The van der Waals surface area contributed by atoms with Crippen molar-refractivity contribution in [2.24, 2.45) is 11.8 Å². The first-order valence-electron chi connectivity index (χ1n) is 6.81. The predicted molar refractivity (Wildman–Crippen MR) is 64.7 cm³/mol. The molecule has 0 unspecified atom stereocenters. The molecule has 0 aromatic heterocycles. The first-order valence-corrected chi connectivity index (χ1v) is 6.81. The van der Waals surface area contributed by atoms with Crippen molar-refractivity contribution in [3.63, 3.8) is 0 Å². The molecular weight excluding hydrogens is 218 g/mol. The lowest BCUT2D eigenvalue weighted by Gasteiger charge is -2.23. The highest BCUT2D eigenvalue weighted by Gasteiger charge is 2.23. The van der Waals surface area contributed by atoms with Crippen LogP contribution in [-0.4, -0.2) is 38.9 Å². The first-order chi connectivity index (χ1) is 8.36. The summed E-state index contributed by atoms with van der Waals surface area (Å²) in [4.78, 5) is 11.7. The second-order valence-electron chi connectivity index (χ2n) is 5.04. The van der Waals surface area contributed by atoms with Gasteiger partial charge in [-0.05, 0) is 51.1 Å². The van der Waals surface area contributed by atoms with Gasteiger partial charge in [-0.25, -0.2) is 0 Å². The fourth-order valence-corrected chi connectivity index (χ4v) is 2.55. The molecule has 0 bridgehead atoms. The molecule has 2 rings (SSSR count). The number of rotatable bonds is 4. The van der Waals surface area contributed by atoms with Gasteiger partial charge in [0.1, 0.15) is 0 Å². The molecule has 98 valence electrons. The summed E-state index contributed by atoms with van der Waals surface area (Å²) in [6, 6.07) is 0. The standard InChI is InChI=1S/C13H23NO3/c15-13(12-4-8-16-9-5-12)17-10-3-11-1-6-14-7-2-11/h11-12,14H,1-10H2. The molecular formula is C13H23NO3. The van der Waals surface area contributed by atoms with Crippen molar-refractivity contribution in [1.82, 2.24) is 5.32 Å². The monoisotopic (exact) mass is 241 g/mol. The molecule has 0 spiro atoms. The van der Waals surface area contributed by atoms with E-state index in [-0.39, 0.29) is 11.9 Å². The van der Waals surface area contributed by atoms with Crippen LogP contribution in [0, 0.1) is 11.8 Å². The maximum atomic E-state index is 11.7. The van der Waals surface area contributed by atoms with Crippen molar-refractivity contribution in [2.45, 2.75) is 32.1 Å². The van der Waals surface area contributed by atoms with Crippen LogP contribution in [0.4, 0.5) is 0 Å². The minimum atomic E-state index is -0.0118. The Morgan fingerprint density at radius 3 is 2.59 bits per heavy atom. The van der Waals surface area contributed by atoms with Crippen LogP contribution in [0.1, 0.15) is 32.1 Å². The normalized spacial score (nSPS) is 23.5. The summed E-state index contributed by atoms with van der Waals surface area (Å²) in [5.74, 6) is 0.803. The lowest BCUT2D eigenvalue weighted by atomic mass is 9.95. The fourth-order valence-electron chi connectivity index (χ4n) is 2.55. The minimum absolute atomic E-state index is 0.0118. The second kappa shape index (κ2) is 6.97. The van der Waals surface area contributed by atoms with Gasteiger partial charge in [0.2, 0.25) is 0 Å². The van der Waals surface area contributed by atoms with Crippen LogP contribution in [-0.2, 0) is 14.3 Å². The van der Waals surface area contributed by atoms with Crippen LogP contribution in [0.3, 0.4) is 0 Å². The van der Waals surface area contributed by atoms with Crippen molar-refractivity contribution < 1.29 is 14.3 Å². The van der Waals surface area contributed by atoms with E-state index in [1.54, 1.807) is 0 Å². The first kappa shape index (κ1) is 12.8. The SMILES string of the molecule is O=C(OCCC1CCNCC1)C1CCOCC1. The Morgan fingerprint density at radius 2 is 1.88 bits per heavy atom. The number of hydrogen-bond donors (Lipinski definition) is 1. The van der Waals surface area contributed by atoms with Gasteiger partial charge in [-0.1, -0.05) is 0 Å². The van der Waals surface area contributed by atoms with Crippen LogP contribution >= 0.6 is 0 Å². The summed E-state index contributed by atoms with van der Waals surface area (Å²) < 4.78 is 10.6. The Kier molecular flexibility index (Phi) is 5.26. The Labute approximate surface area is 103 Å². The van der Waals surface area contributed by atoms with E-state index in [2.05, 4.69) is 5.32 Å². The van der Waals surface area contributed by atoms with Gasteiger partial charge in [-0.15, -0.1) is 0 Å². The molecule has 0 amide bonds. The molecule has 0 radical (unpaired) electrons. The highest BCUT2D eigenvalue weighted by atomic mass is 16.5. The molecule has 0 atom stereocenters. The second-order valence-corrected chi connectivity index (χ2v) is 5.04. The van der Waals surface area contributed by atoms with Crippen molar-refractivity contribution in [2.75, 3.05) is 32.9 Å². The van der Waals surface area contributed by atoms with E-state index in [0.29, 0.717) is 19.8 Å². The Bertz CT molecular complexity index is 233. The van der Waals surface area contributed by atoms with E-state index < -0.39 is 0 Å². The third-order valence-electron chi connectivity index (χ3n) is 3.78. The summed E-state index contributed by atoms with van der Waals surface area (Å²) in [6.07, 6.45) is 5.11. The average Bonchev–Trinajstić information content (AvgIpc) is 2.41. The molecule has 4 heteroatoms. The molecule has 2 heterocycles. The molecule has 0 aromatic carbocycles. The Balaban J connectivity index is 1.58. The Hall–Kier alpha value is -0.610. The van der Waals surface area contributed by atoms with E-state index in [9.17, 15) is 4.79 Å². The van der Waals surface area contributed by atoms with Crippen LogP contribution in [0.5, 0.6) is 0 Å². The number of piperidine rings is 1. The van der Waals surface area contributed by atoms with E-state index in [4.69, 9.17) is 9.47 Å². The van der Waals surface area contributed by atoms with Gasteiger partial charge >= 0.3 is 5.97 Å². The van der Waals surface area contributed by atoms with Gasteiger partial charge in [-0.2, -0.15) is 0 Å². The van der Waals surface area contributed by atoms with Crippen LogP contribution in [0.15, 0.2) is 0 Å². The highest BCUT2D eigenvalue weighted by Crippen LogP contribution is 2.18. The quantitative estimate of drug-likeness (QED) is 0.755. The van der Waals surface area contributed by atoms with Gasteiger partial charge in [0.25, 0.3) is 0 Å². The lowest BCUT2D eigenvalue weighted by molar-refractivity contribution is -0.152. The molecule has 1 N–H and O–H groups in total. The highest BCUT2D eigenvalue weighted by molar-refractivity contribution is 5.72. The number of carbonyl (C=O) groups excluding carboxylic acids is 1. The zero-order valence-electron chi connectivity index (χ0n) is 10.5. The largest absolute Gasteiger partial charge is 0.465 e. The summed E-state index contributed by atoms with van der Waals surface area (Å²) >= 11 is 0. The predicted octanol–water partition coefficient (Wildman–Crippen LogP) is 1.35. The molecule has 0 aromatic rings. The zero-order valence-corrected chi connectivity index (χ0v) is 10.5. The fraction of sp³-hybridized carbons (Fsp3) is 0.923. The molecule has 0 saturated carbocycles. The van der Waals surface area contributed by atoms with Gasteiger partial charge in [-0.3, -0.25) is 4.79 Å². The van der Waals surface area contributed by atoms with Gasteiger partial charge in [0, 0.05) is 13.2 Å². The van der Waals surface area contributed by atoms with E-state index >= 15 is 0 Å². The number of esters is 1. The lowest BCUT2D eigenvalue weighted by Crippen LogP contribution is -2.29. The van der Waals surface area contributed by atoms with E-state index in [1.807, 2.05) is 0 Å². The average molecular weight is 241 g/mol. The van der Waals surface area contributed by atoms with Crippen LogP contribution in [0.2, 0.25) is 0 Å². The molecule has 2 aliphatic heterocycles. The molecule has 2 fully saturated rings. The molecule has 4 nitrogen and oxygen atoms in total. The summed E-state index contributed by atoms with van der Waals surface area (Å²) in [5.41, 5.74) is 0. The molecule has 17 heavy (non-hydrogen) atoms. The van der Waals surface area contributed by atoms with Crippen LogP contribution in [0.25, 0.3) is 0 Å². The molecule has 2 saturated heterocycles. The van der Waals surface area contributed by atoms with Crippen molar-refractivity contribution in [3.05, 3.63) is 0 Å². The third kappa shape index (κ3) is 4.28.